The number of hydrogen-bond acceptors (Lipinski definition) is 5. The van der Waals surface area contributed by atoms with Crippen molar-refractivity contribution in [3.63, 3.8) is 0 Å². The van der Waals surface area contributed by atoms with Crippen LogP contribution >= 0.6 is 11.6 Å². The number of nitrogens with one attached hydrogen (secondary N) is 2. The molecule has 8 heteroatoms. The molecule has 2 heterocycles. The third-order valence-corrected chi connectivity index (χ3v) is 5.03. The number of halogens is 1. The first-order valence-corrected chi connectivity index (χ1v) is 9.67. The third kappa shape index (κ3) is 5.34. The predicted molar refractivity (Wildman–Crippen MR) is 112 cm³/mol. The minimum absolute atomic E-state index is 0.0266. The number of anilines is 2. The van der Waals surface area contributed by atoms with Crippen LogP contribution in [0.2, 0.25) is 5.02 Å². The SMILES string of the molecule is CN(C)C(CNC(=O)Nc1ccc(N2CCOCC2)nc1)c1ccccc1Cl. The minimum atomic E-state index is -0.278. The smallest absolute Gasteiger partial charge is 0.319 e. The summed E-state index contributed by atoms with van der Waals surface area (Å²) in [6, 6.07) is 11.1. The summed E-state index contributed by atoms with van der Waals surface area (Å²) < 4.78 is 5.35. The molecule has 1 aromatic heterocycles. The number of pyridine rings is 1. The quantitative estimate of drug-likeness (QED) is 0.776. The molecule has 7 nitrogen and oxygen atoms in total. The van der Waals surface area contributed by atoms with Gasteiger partial charge in [0, 0.05) is 24.7 Å². The molecule has 0 bridgehead atoms. The number of benzene rings is 1. The van der Waals surface area contributed by atoms with Crippen molar-refractivity contribution in [2.45, 2.75) is 6.04 Å². The lowest BCUT2D eigenvalue weighted by molar-refractivity contribution is 0.122. The molecule has 0 saturated carbocycles. The molecule has 1 fully saturated rings. The van der Waals surface area contributed by atoms with Crippen LogP contribution in [0, 0.1) is 0 Å². The van der Waals surface area contributed by atoms with E-state index >= 15 is 0 Å². The van der Waals surface area contributed by atoms with Gasteiger partial charge in [-0.05, 0) is 37.9 Å². The lowest BCUT2D eigenvalue weighted by Gasteiger charge is -2.27. The summed E-state index contributed by atoms with van der Waals surface area (Å²) in [5, 5.41) is 6.42. The van der Waals surface area contributed by atoms with Gasteiger partial charge < -0.3 is 25.2 Å². The van der Waals surface area contributed by atoms with Gasteiger partial charge in [-0.3, -0.25) is 0 Å². The van der Waals surface area contributed by atoms with Gasteiger partial charge in [-0.1, -0.05) is 29.8 Å². The molecule has 1 atom stereocenters. The summed E-state index contributed by atoms with van der Waals surface area (Å²) in [5.41, 5.74) is 1.62. The highest BCUT2D eigenvalue weighted by molar-refractivity contribution is 6.31. The Hall–Kier alpha value is -2.35. The molecule has 28 heavy (non-hydrogen) atoms. The lowest BCUT2D eigenvalue weighted by atomic mass is 10.1. The highest BCUT2D eigenvalue weighted by Gasteiger charge is 2.18. The molecule has 150 valence electrons. The summed E-state index contributed by atoms with van der Waals surface area (Å²) in [4.78, 5) is 20.9. The first-order chi connectivity index (χ1) is 13.5. The van der Waals surface area contributed by atoms with E-state index in [2.05, 4.69) is 20.5 Å². The average Bonchev–Trinajstić information content (AvgIpc) is 2.70. The fraction of sp³-hybridized carbons (Fsp3) is 0.400. The molecule has 3 rings (SSSR count). The van der Waals surface area contributed by atoms with Crippen LogP contribution < -0.4 is 15.5 Å². The molecule has 0 spiro atoms. The zero-order valence-electron chi connectivity index (χ0n) is 16.2. The lowest BCUT2D eigenvalue weighted by Crippen LogP contribution is -2.37. The number of carbonyl (C=O) groups is 1. The molecule has 2 N–H and O–H groups in total. The maximum Gasteiger partial charge on any atom is 0.319 e. The molecular weight excluding hydrogens is 378 g/mol. The van der Waals surface area contributed by atoms with Crippen LogP contribution in [-0.2, 0) is 4.74 Å². The molecule has 1 aliphatic heterocycles. The van der Waals surface area contributed by atoms with E-state index in [1.165, 1.54) is 0 Å². The molecule has 2 amide bonds. The van der Waals surface area contributed by atoms with E-state index in [0.717, 1.165) is 24.5 Å². The zero-order chi connectivity index (χ0) is 19.9. The van der Waals surface area contributed by atoms with Gasteiger partial charge in [0.1, 0.15) is 5.82 Å². The van der Waals surface area contributed by atoms with Crippen LogP contribution in [0.15, 0.2) is 42.6 Å². The van der Waals surface area contributed by atoms with Crippen molar-refractivity contribution in [2.75, 3.05) is 57.2 Å². The van der Waals surface area contributed by atoms with Crippen LogP contribution in [0.25, 0.3) is 0 Å². The van der Waals surface area contributed by atoms with Gasteiger partial charge in [0.15, 0.2) is 0 Å². The second-order valence-corrected chi connectivity index (χ2v) is 7.25. The highest BCUT2D eigenvalue weighted by Crippen LogP contribution is 2.25. The number of aromatic nitrogens is 1. The van der Waals surface area contributed by atoms with Crippen molar-refractivity contribution in [1.82, 2.24) is 15.2 Å². The fourth-order valence-electron chi connectivity index (χ4n) is 3.12. The Bertz CT molecular complexity index is 778. The van der Waals surface area contributed by atoms with E-state index in [4.69, 9.17) is 16.3 Å². The molecule has 2 aromatic rings. The van der Waals surface area contributed by atoms with Gasteiger partial charge in [0.25, 0.3) is 0 Å². The van der Waals surface area contributed by atoms with Crippen LogP contribution in [0.5, 0.6) is 0 Å². The van der Waals surface area contributed by atoms with Crippen LogP contribution in [0.1, 0.15) is 11.6 Å². The van der Waals surface area contributed by atoms with E-state index in [-0.39, 0.29) is 12.1 Å². The number of rotatable bonds is 6. The predicted octanol–water partition coefficient (Wildman–Crippen LogP) is 3.00. The van der Waals surface area contributed by atoms with E-state index in [1.54, 1.807) is 6.20 Å². The number of carbonyl (C=O) groups excluding carboxylic acids is 1. The molecule has 0 aliphatic carbocycles. The average molecular weight is 404 g/mol. The van der Waals surface area contributed by atoms with Gasteiger partial charge in [-0.2, -0.15) is 0 Å². The van der Waals surface area contributed by atoms with Gasteiger partial charge in [-0.15, -0.1) is 0 Å². The summed E-state index contributed by atoms with van der Waals surface area (Å²) in [5.74, 6) is 0.889. The van der Waals surface area contributed by atoms with Crippen molar-refractivity contribution in [1.29, 1.82) is 0 Å². The fourth-order valence-corrected chi connectivity index (χ4v) is 3.38. The van der Waals surface area contributed by atoms with E-state index in [9.17, 15) is 4.79 Å². The van der Waals surface area contributed by atoms with E-state index in [0.29, 0.717) is 30.5 Å². The van der Waals surface area contributed by atoms with Crippen molar-refractivity contribution >= 4 is 29.1 Å². The molecule has 1 aliphatic rings. The Kier molecular flexibility index (Phi) is 7.08. The number of amides is 2. The van der Waals surface area contributed by atoms with E-state index < -0.39 is 0 Å². The Labute approximate surface area is 170 Å². The standard InChI is InChI=1S/C20H26ClN5O2/c1-25(2)18(16-5-3-4-6-17(16)21)14-23-20(27)24-15-7-8-19(22-13-15)26-9-11-28-12-10-26/h3-8,13,18H,9-12,14H2,1-2H3,(H2,23,24,27). The summed E-state index contributed by atoms with van der Waals surface area (Å²) in [6.07, 6.45) is 1.67. The number of morpholine rings is 1. The number of ether oxygens (including phenoxy) is 1. The van der Waals surface area contributed by atoms with Crippen molar-refractivity contribution in [3.8, 4) is 0 Å². The van der Waals surface area contributed by atoms with E-state index in [1.807, 2.05) is 55.4 Å². The monoisotopic (exact) mass is 403 g/mol. The van der Waals surface area contributed by atoms with Crippen LogP contribution in [-0.4, -0.2) is 62.9 Å². The van der Waals surface area contributed by atoms with Crippen molar-refractivity contribution in [2.24, 2.45) is 0 Å². The zero-order valence-corrected chi connectivity index (χ0v) is 16.9. The first kappa shape index (κ1) is 20.4. The van der Waals surface area contributed by atoms with Crippen molar-refractivity contribution in [3.05, 3.63) is 53.2 Å². The summed E-state index contributed by atoms with van der Waals surface area (Å²) in [6.45, 7) is 3.51. The Morgan fingerprint density at radius 3 is 2.64 bits per heavy atom. The molecular formula is C20H26ClN5O2. The van der Waals surface area contributed by atoms with Gasteiger partial charge in [0.05, 0.1) is 31.1 Å². The molecule has 0 radical (unpaired) electrons. The summed E-state index contributed by atoms with van der Waals surface area (Å²) in [7, 11) is 3.92. The second kappa shape index (κ2) is 9.73. The first-order valence-electron chi connectivity index (χ1n) is 9.29. The number of urea groups is 1. The normalized spacial score (nSPS) is 15.4. The second-order valence-electron chi connectivity index (χ2n) is 6.84. The molecule has 1 saturated heterocycles. The topological polar surface area (TPSA) is 69.7 Å². The van der Waals surface area contributed by atoms with Gasteiger partial charge in [-0.25, -0.2) is 9.78 Å². The van der Waals surface area contributed by atoms with Crippen molar-refractivity contribution < 1.29 is 9.53 Å². The number of likely N-dealkylation sites (N-methyl/N-ethyl adjacent to an activating group) is 1. The minimum Gasteiger partial charge on any atom is -0.378 e. The largest absolute Gasteiger partial charge is 0.378 e. The maximum atomic E-state index is 12.3. The number of nitrogens with zero attached hydrogens (tertiary/aromatic N) is 3. The molecule has 1 unspecified atom stereocenters. The molecule has 1 aromatic carbocycles. The Morgan fingerprint density at radius 2 is 2.00 bits per heavy atom. The summed E-state index contributed by atoms with van der Waals surface area (Å²) >= 11 is 6.31. The Balaban J connectivity index is 1.55. The highest BCUT2D eigenvalue weighted by atomic mass is 35.5. The maximum absolute atomic E-state index is 12.3. The third-order valence-electron chi connectivity index (χ3n) is 4.68. The van der Waals surface area contributed by atoms with Crippen LogP contribution in [0.3, 0.4) is 0 Å². The van der Waals surface area contributed by atoms with Crippen LogP contribution in [0.4, 0.5) is 16.3 Å². The Morgan fingerprint density at radius 1 is 1.25 bits per heavy atom. The number of hydrogen-bond donors (Lipinski definition) is 2. The van der Waals surface area contributed by atoms with Gasteiger partial charge in [0.2, 0.25) is 0 Å². The van der Waals surface area contributed by atoms with Gasteiger partial charge >= 0.3 is 6.03 Å².